The van der Waals surface area contributed by atoms with Gasteiger partial charge in [-0.1, -0.05) is 51.1 Å². The molecule has 0 bridgehead atoms. The van der Waals surface area contributed by atoms with Crippen LogP contribution in [0.1, 0.15) is 59.1 Å². The molecule has 1 saturated heterocycles. The minimum absolute atomic E-state index is 0.0109. The lowest BCUT2D eigenvalue weighted by atomic mass is 9.86. The minimum Gasteiger partial charge on any atom is -0.466 e. The number of nitrogens with zero attached hydrogens (tertiary/aromatic N) is 1. The van der Waals surface area contributed by atoms with Gasteiger partial charge in [0.15, 0.2) is 8.32 Å². The smallest absolute Gasteiger partial charge is 0.312 e. The molecule has 1 amide bonds. The van der Waals surface area contributed by atoms with Crippen LogP contribution in [-0.2, 0) is 18.8 Å². The number of hydrogen-bond acceptors (Lipinski definition) is 4. The van der Waals surface area contributed by atoms with E-state index in [0.717, 1.165) is 18.4 Å². The molecule has 1 saturated carbocycles. The number of carbonyl (C=O) groups is 2. The summed E-state index contributed by atoms with van der Waals surface area (Å²) in [5, 5.41) is -0.0169. The van der Waals surface area contributed by atoms with Crippen LogP contribution in [-0.4, -0.2) is 44.3 Å². The zero-order valence-corrected chi connectivity index (χ0v) is 20.5. The number of carbonyl (C=O) groups excluding carboxylic acids is 2. The Balaban J connectivity index is 1.94. The van der Waals surface area contributed by atoms with Gasteiger partial charge in [0.25, 0.3) is 5.91 Å². The van der Waals surface area contributed by atoms with Crippen LogP contribution in [0.25, 0.3) is 0 Å². The lowest BCUT2D eigenvalue weighted by molar-refractivity contribution is -0.153. The summed E-state index contributed by atoms with van der Waals surface area (Å²) in [6, 6.07) is 10.0. The van der Waals surface area contributed by atoms with E-state index in [1.807, 2.05) is 42.2 Å². The van der Waals surface area contributed by atoms with E-state index >= 15 is 0 Å². The largest absolute Gasteiger partial charge is 0.466 e. The molecule has 1 aromatic carbocycles. The third kappa shape index (κ3) is 4.08. The molecule has 2 unspecified atom stereocenters. The Morgan fingerprint density at radius 1 is 1.23 bits per heavy atom. The molecule has 0 aromatic heterocycles. The summed E-state index contributed by atoms with van der Waals surface area (Å²) >= 11 is 0. The summed E-state index contributed by atoms with van der Waals surface area (Å²) in [5.41, 5.74) is 0.516. The van der Waals surface area contributed by atoms with Crippen LogP contribution >= 0.6 is 0 Å². The lowest BCUT2D eigenvalue weighted by Crippen LogP contribution is -2.49. The van der Waals surface area contributed by atoms with Crippen molar-refractivity contribution in [3.8, 4) is 0 Å². The summed E-state index contributed by atoms with van der Waals surface area (Å²) < 4.78 is 12.1. The average molecular weight is 432 g/mol. The second-order valence-corrected chi connectivity index (χ2v) is 15.1. The van der Waals surface area contributed by atoms with Gasteiger partial charge in [-0.2, -0.15) is 0 Å². The minimum atomic E-state index is -2.20. The highest BCUT2D eigenvalue weighted by Gasteiger charge is 2.64. The van der Waals surface area contributed by atoms with E-state index in [2.05, 4.69) is 40.8 Å². The number of ether oxygens (including phenoxy) is 1. The second-order valence-electron chi connectivity index (χ2n) is 10.4. The van der Waals surface area contributed by atoms with Crippen LogP contribution in [0.4, 0.5) is 0 Å². The number of benzene rings is 1. The molecule has 2 aliphatic rings. The Morgan fingerprint density at radius 2 is 1.83 bits per heavy atom. The molecular formula is C24H37NO4Si. The van der Waals surface area contributed by atoms with Gasteiger partial charge in [0, 0.05) is 12.5 Å². The van der Waals surface area contributed by atoms with Crippen molar-refractivity contribution in [2.75, 3.05) is 13.2 Å². The third-order valence-electron chi connectivity index (χ3n) is 7.44. The number of rotatable bonds is 7. The van der Waals surface area contributed by atoms with E-state index in [4.69, 9.17) is 9.16 Å². The number of amides is 1. The first-order chi connectivity index (χ1) is 13.9. The predicted octanol–water partition coefficient (Wildman–Crippen LogP) is 4.94. The highest BCUT2D eigenvalue weighted by atomic mass is 28.4. The maximum absolute atomic E-state index is 13.7. The van der Waals surface area contributed by atoms with E-state index in [1.54, 1.807) is 0 Å². The van der Waals surface area contributed by atoms with Gasteiger partial charge in [-0.15, -0.1) is 0 Å². The summed E-state index contributed by atoms with van der Waals surface area (Å²) in [6.45, 7) is 15.7. The van der Waals surface area contributed by atoms with E-state index < -0.39 is 19.8 Å². The van der Waals surface area contributed by atoms with Crippen molar-refractivity contribution in [3.05, 3.63) is 35.9 Å². The molecule has 3 rings (SSSR count). The Hall–Kier alpha value is -1.66. The summed E-state index contributed by atoms with van der Waals surface area (Å²) in [7, 11) is -2.20. The molecule has 3 atom stereocenters. The summed E-state index contributed by atoms with van der Waals surface area (Å²) in [5.74, 6) is -0.318. The predicted molar refractivity (Wildman–Crippen MR) is 120 cm³/mol. The molecule has 2 fully saturated rings. The first-order valence-corrected chi connectivity index (χ1v) is 14.1. The maximum atomic E-state index is 13.7. The van der Waals surface area contributed by atoms with Crippen LogP contribution in [0.15, 0.2) is 30.3 Å². The average Bonchev–Trinajstić information content (AvgIpc) is 3.42. The molecule has 0 N–H and O–H groups in total. The van der Waals surface area contributed by atoms with Gasteiger partial charge in [0.1, 0.15) is 6.10 Å². The van der Waals surface area contributed by atoms with Gasteiger partial charge in [-0.05, 0) is 50.4 Å². The highest BCUT2D eigenvalue weighted by molar-refractivity contribution is 6.74. The topological polar surface area (TPSA) is 55.8 Å². The van der Waals surface area contributed by atoms with Crippen molar-refractivity contribution in [3.63, 3.8) is 0 Å². The van der Waals surface area contributed by atoms with E-state index in [9.17, 15) is 9.59 Å². The SMILES string of the molecule is CCOC(=O)C1(C2CN([C@@H](C)c3ccccc3)C(=O)C2O[Si](C)(C)C(C)(C)C)CC1. The van der Waals surface area contributed by atoms with Gasteiger partial charge in [-0.3, -0.25) is 9.59 Å². The van der Waals surface area contributed by atoms with Crippen molar-refractivity contribution in [1.82, 2.24) is 4.90 Å². The van der Waals surface area contributed by atoms with Crippen LogP contribution in [0, 0.1) is 11.3 Å². The Kier molecular flexibility index (Phi) is 6.22. The van der Waals surface area contributed by atoms with Gasteiger partial charge >= 0.3 is 5.97 Å². The number of likely N-dealkylation sites (tertiary alicyclic amines) is 1. The fourth-order valence-electron chi connectivity index (χ4n) is 4.22. The monoisotopic (exact) mass is 431 g/mol. The van der Waals surface area contributed by atoms with Crippen molar-refractivity contribution >= 4 is 20.2 Å². The molecule has 30 heavy (non-hydrogen) atoms. The molecule has 166 valence electrons. The zero-order valence-electron chi connectivity index (χ0n) is 19.5. The highest BCUT2D eigenvalue weighted by Crippen LogP contribution is 2.57. The van der Waals surface area contributed by atoms with Crippen LogP contribution in [0.5, 0.6) is 0 Å². The lowest BCUT2D eigenvalue weighted by Gasteiger charge is -2.39. The summed E-state index contributed by atoms with van der Waals surface area (Å²) in [6.07, 6.45) is 0.965. The first-order valence-electron chi connectivity index (χ1n) is 11.1. The molecule has 1 heterocycles. The Morgan fingerprint density at radius 3 is 2.33 bits per heavy atom. The van der Waals surface area contributed by atoms with Crippen LogP contribution in [0.2, 0.25) is 18.1 Å². The molecular weight excluding hydrogens is 394 g/mol. The fourth-order valence-corrected chi connectivity index (χ4v) is 5.47. The normalized spacial score (nSPS) is 24.6. The van der Waals surface area contributed by atoms with Gasteiger partial charge in [0.05, 0.1) is 18.1 Å². The van der Waals surface area contributed by atoms with Crippen molar-refractivity contribution in [2.45, 2.75) is 77.7 Å². The van der Waals surface area contributed by atoms with Crippen molar-refractivity contribution in [2.24, 2.45) is 11.3 Å². The Labute approximate surface area is 182 Å². The quantitative estimate of drug-likeness (QED) is 0.453. The van der Waals surface area contributed by atoms with Crippen LogP contribution < -0.4 is 0 Å². The summed E-state index contributed by atoms with van der Waals surface area (Å²) in [4.78, 5) is 28.5. The standard InChI is InChI=1S/C24H37NO4Si/c1-8-28-22(27)24(14-15-24)19-16-25(17(2)18-12-10-9-11-13-18)21(26)20(19)29-30(6,7)23(3,4)5/h9-13,17,19-20H,8,14-16H2,1-7H3/t17-,19?,20?/m0/s1. The molecule has 0 spiro atoms. The van der Waals surface area contributed by atoms with Crippen molar-refractivity contribution < 1.29 is 18.8 Å². The fraction of sp³-hybridized carbons (Fsp3) is 0.667. The molecule has 6 heteroatoms. The number of esters is 1. The Bertz CT molecular complexity index is 782. The van der Waals surface area contributed by atoms with E-state index in [1.165, 1.54) is 0 Å². The van der Waals surface area contributed by atoms with Gasteiger partial charge in [-0.25, -0.2) is 0 Å². The zero-order chi connectivity index (χ0) is 22.3. The molecule has 1 aliphatic heterocycles. The molecule has 1 aliphatic carbocycles. The van der Waals surface area contributed by atoms with Crippen LogP contribution in [0.3, 0.4) is 0 Å². The van der Waals surface area contributed by atoms with E-state index in [-0.39, 0.29) is 28.9 Å². The third-order valence-corrected chi connectivity index (χ3v) is 11.9. The van der Waals surface area contributed by atoms with Gasteiger partial charge in [0.2, 0.25) is 0 Å². The molecule has 1 aromatic rings. The number of hydrogen-bond donors (Lipinski definition) is 0. The van der Waals surface area contributed by atoms with Gasteiger partial charge < -0.3 is 14.1 Å². The first kappa shape index (κ1) is 23.0. The second kappa shape index (κ2) is 8.12. The van der Waals surface area contributed by atoms with Crippen molar-refractivity contribution in [1.29, 1.82) is 0 Å². The molecule has 5 nitrogen and oxygen atoms in total. The maximum Gasteiger partial charge on any atom is 0.312 e. The molecule has 0 radical (unpaired) electrons. The van der Waals surface area contributed by atoms with E-state index in [0.29, 0.717) is 13.2 Å².